The molecule has 1 amide bonds. The van der Waals surface area contributed by atoms with Crippen LogP contribution in [0.1, 0.15) is 37.3 Å². The molecule has 27 heavy (non-hydrogen) atoms. The maximum atomic E-state index is 12.2. The van der Waals surface area contributed by atoms with E-state index in [4.69, 9.17) is 4.74 Å². The molecule has 0 unspecified atom stereocenters. The second kappa shape index (κ2) is 6.41. The number of hydrogen-bond donors (Lipinski definition) is 2. The fourth-order valence-corrected chi connectivity index (χ4v) is 4.54. The zero-order valence-corrected chi connectivity index (χ0v) is 15.3. The highest BCUT2D eigenvalue weighted by molar-refractivity contribution is 5.81. The molecule has 2 aromatic rings. The van der Waals surface area contributed by atoms with Gasteiger partial charge in [-0.1, -0.05) is 30.3 Å². The largest absolute Gasteiger partial charge is 0.494 e. The first kappa shape index (κ1) is 17.6. The second-order valence-corrected chi connectivity index (χ2v) is 7.47. The third kappa shape index (κ3) is 2.78. The van der Waals surface area contributed by atoms with Gasteiger partial charge in [0, 0.05) is 5.41 Å². The Morgan fingerprint density at radius 1 is 1.19 bits per heavy atom. The molecule has 5 heteroatoms. The molecule has 1 fully saturated rings. The molecule has 5 nitrogen and oxygen atoms in total. The molecule has 0 bridgehead atoms. The van der Waals surface area contributed by atoms with Gasteiger partial charge in [0.1, 0.15) is 11.3 Å². The molecule has 1 atom stereocenters. The van der Waals surface area contributed by atoms with Crippen molar-refractivity contribution in [2.45, 2.75) is 38.1 Å². The summed E-state index contributed by atoms with van der Waals surface area (Å²) in [4.78, 5) is 23.6. The maximum Gasteiger partial charge on any atom is 0.405 e. The summed E-state index contributed by atoms with van der Waals surface area (Å²) in [6.45, 7) is 2.56. The number of hydrogen-bond acceptors (Lipinski definition) is 3. The number of carbonyl (C=O) groups excluding carboxylic acids is 1. The topological polar surface area (TPSA) is 75.6 Å². The fraction of sp³-hybridized carbons (Fsp3) is 0.364. The summed E-state index contributed by atoms with van der Waals surface area (Å²) >= 11 is 0. The standard InChI is InChI=1S/C22H23NO4/c1-2-27-18-5-3-4-15(13-18)16-6-7-19-17(12-16)8-9-21(10-11-21)22(19,14-24)23-20(25)26/h3-7,12-14,23H,2,8-11H2,1H3,(H,25,26)/t22-/m1/s1. The summed E-state index contributed by atoms with van der Waals surface area (Å²) in [6, 6.07) is 13.9. The minimum atomic E-state index is -1.16. The van der Waals surface area contributed by atoms with Gasteiger partial charge in [-0.25, -0.2) is 4.79 Å². The molecule has 4 rings (SSSR count). The van der Waals surface area contributed by atoms with Gasteiger partial charge in [-0.05, 0) is 67.0 Å². The van der Waals surface area contributed by atoms with Gasteiger partial charge in [-0.2, -0.15) is 0 Å². The van der Waals surface area contributed by atoms with Gasteiger partial charge in [0.25, 0.3) is 0 Å². The van der Waals surface area contributed by atoms with Crippen LogP contribution in [0.3, 0.4) is 0 Å². The van der Waals surface area contributed by atoms with Crippen LogP contribution in [-0.4, -0.2) is 24.1 Å². The van der Waals surface area contributed by atoms with Crippen molar-refractivity contribution in [3.05, 3.63) is 53.6 Å². The average Bonchev–Trinajstić information content (AvgIpc) is 3.45. The summed E-state index contributed by atoms with van der Waals surface area (Å²) in [5, 5.41) is 11.9. The fourth-order valence-electron chi connectivity index (χ4n) is 4.54. The van der Waals surface area contributed by atoms with E-state index in [-0.39, 0.29) is 5.41 Å². The predicted octanol–water partition coefficient (Wildman–Crippen LogP) is 4.14. The van der Waals surface area contributed by atoms with E-state index >= 15 is 0 Å². The highest BCUT2D eigenvalue weighted by atomic mass is 16.5. The predicted molar refractivity (Wildman–Crippen MR) is 102 cm³/mol. The van der Waals surface area contributed by atoms with Crippen molar-refractivity contribution in [1.82, 2.24) is 5.32 Å². The zero-order chi connectivity index (χ0) is 19.1. The van der Waals surface area contributed by atoms with Gasteiger partial charge >= 0.3 is 6.09 Å². The normalized spacial score (nSPS) is 22.0. The zero-order valence-electron chi connectivity index (χ0n) is 15.3. The van der Waals surface area contributed by atoms with Crippen LogP contribution in [0, 0.1) is 5.41 Å². The van der Waals surface area contributed by atoms with Crippen molar-refractivity contribution in [1.29, 1.82) is 0 Å². The lowest BCUT2D eigenvalue weighted by Crippen LogP contribution is -2.55. The monoisotopic (exact) mass is 365 g/mol. The van der Waals surface area contributed by atoms with Crippen molar-refractivity contribution >= 4 is 12.4 Å². The van der Waals surface area contributed by atoms with E-state index in [9.17, 15) is 14.7 Å². The number of benzene rings is 2. The Bertz CT molecular complexity index is 903. The molecule has 0 aromatic heterocycles. The highest BCUT2D eigenvalue weighted by Crippen LogP contribution is 2.63. The highest BCUT2D eigenvalue weighted by Gasteiger charge is 2.63. The van der Waals surface area contributed by atoms with Crippen LogP contribution in [0.4, 0.5) is 4.79 Å². The number of aldehydes is 1. The molecular formula is C22H23NO4. The second-order valence-electron chi connectivity index (χ2n) is 7.47. The van der Waals surface area contributed by atoms with Crippen LogP contribution in [0.2, 0.25) is 0 Å². The number of nitrogens with one attached hydrogen (secondary N) is 1. The van der Waals surface area contributed by atoms with Crippen LogP contribution >= 0.6 is 0 Å². The molecule has 2 aromatic carbocycles. The number of rotatable bonds is 5. The molecule has 1 spiro atoms. The first-order valence-electron chi connectivity index (χ1n) is 9.38. The van der Waals surface area contributed by atoms with Crippen LogP contribution in [0.15, 0.2) is 42.5 Å². The van der Waals surface area contributed by atoms with Crippen molar-refractivity contribution in [2.75, 3.05) is 6.61 Å². The summed E-state index contributed by atoms with van der Waals surface area (Å²) in [5.74, 6) is 0.819. The Morgan fingerprint density at radius 2 is 1.96 bits per heavy atom. The molecular weight excluding hydrogens is 342 g/mol. The number of ether oxygens (including phenoxy) is 1. The number of aryl methyl sites for hydroxylation is 1. The molecule has 2 N–H and O–H groups in total. The van der Waals surface area contributed by atoms with Crippen LogP contribution in [0.5, 0.6) is 5.75 Å². The molecule has 140 valence electrons. The Labute approximate surface area is 158 Å². The van der Waals surface area contributed by atoms with Crippen LogP contribution in [0.25, 0.3) is 11.1 Å². The van der Waals surface area contributed by atoms with Gasteiger partial charge in [-0.3, -0.25) is 0 Å². The van der Waals surface area contributed by atoms with E-state index in [1.807, 2.05) is 43.3 Å². The lowest BCUT2D eigenvalue weighted by Gasteiger charge is -2.42. The molecule has 2 aliphatic carbocycles. The summed E-state index contributed by atoms with van der Waals surface area (Å²) < 4.78 is 5.59. The maximum absolute atomic E-state index is 12.2. The molecule has 0 radical (unpaired) electrons. The van der Waals surface area contributed by atoms with Crippen molar-refractivity contribution in [3.63, 3.8) is 0 Å². The summed E-state index contributed by atoms with van der Waals surface area (Å²) in [5.41, 5.74) is 2.51. The van der Waals surface area contributed by atoms with E-state index in [1.54, 1.807) is 0 Å². The third-order valence-corrected chi connectivity index (χ3v) is 6.05. The van der Waals surface area contributed by atoms with E-state index in [0.29, 0.717) is 6.61 Å². The first-order valence-corrected chi connectivity index (χ1v) is 9.38. The quantitative estimate of drug-likeness (QED) is 0.781. The number of carboxylic acid groups (broad SMARTS) is 1. The van der Waals surface area contributed by atoms with E-state index in [0.717, 1.165) is 60.0 Å². The molecule has 0 aliphatic heterocycles. The number of fused-ring (bicyclic) bond motifs is 1. The molecule has 0 saturated heterocycles. The lowest BCUT2D eigenvalue weighted by atomic mass is 9.67. The minimum absolute atomic E-state index is 0.267. The van der Waals surface area contributed by atoms with Crippen molar-refractivity contribution in [3.8, 4) is 16.9 Å². The van der Waals surface area contributed by atoms with Crippen molar-refractivity contribution in [2.24, 2.45) is 5.41 Å². The number of carbonyl (C=O) groups is 2. The van der Waals surface area contributed by atoms with E-state index in [2.05, 4.69) is 11.4 Å². The Morgan fingerprint density at radius 3 is 2.63 bits per heavy atom. The van der Waals surface area contributed by atoms with Gasteiger partial charge in [0.15, 0.2) is 6.29 Å². The smallest absolute Gasteiger partial charge is 0.405 e. The van der Waals surface area contributed by atoms with Gasteiger partial charge < -0.3 is 20.0 Å². The Kier molecular flexibility index (Phi) is 4.17. The Hall–Kier alpha value is -2.82. The molecule has 0 heterocycles. The van der Waals surface area contributed by atoms with Crippen LogP contribution in [-0.2, 0) is 16.8 Å². The van der Waals surface area contributed by atoms with Crippen molar-refractivity contribution < 1.29 is 19.4 Å². The van der Waals surface area contributed by atoms with Gasteiger partial charge in [0.2, 0.25) is 0 Å². The van der Waals surface area contributed by atoms with E-state index in [1.165, 1.54) is 0 Å². The number of amides is 1. The first-order chi connectivity index (χ1) is 13.0. The van der Waals surface area contributed by atoms with E-state index < -0.39 is 11.6 Å². The third-order valence-electron chi connectivity index (χ3n) is 6.05. The minimum Gasteiger partial charge on any atom is -0.494 e. The molecule has 2 aliphatic rings. The summed E-state index contributed by atoms with van der Waals surface area (Å²) in [6.07, 6.45) is 3.08. The Balaban J connectivity index is 1.77. The SMILES string of the molecule is CCOc1cccc(-c2ccc3c(c2)CCC2(CC2)[C@]3(C=O)NC(=O)O)c1. The van der Waals surface area contributed by atoms with Gasteiger partial charge in [0.05, 0.1) is 6.61 Å². The lowest BCUT2D eigenvalue weighted by molar-refractivity contribution is -0.116. The summed E-state index contributed by atoms with van der Waals surface area (Å²) in [7, 11) is 0. The van der Waals surface area contributed by atoms with Crippen LogP contribution < -0.4 is 10.1 Å². The average molecular weight is 365 g/mol. The molecule has 1 saturated carbocycles. The van der Waals surface area contributed by atoms with Gasteiger partial charge in [-0.15, -0.1) is 0 Å².